The van der Waals surface area contributed by atoms with Gasteiger partial charge in [-0.15, -0.1) is 0 Å². The van der Waals surface area contributed by atoms with Gasteiger partial charge >= 0.3 is 5.97 Å². The first-order valence-corrected chi connectivity index (χ1v) is 9.48. The lowest BCUT2D eigenvalue weighted by molar-refractivity contribution is 0.0419. The molecule has 0 spiro atoms. The maximum atomic E-state index is 12.8. The van der Waals surface area contributed by atoms with Gasteiger partial charge in [-0.1, -0.05) is 53.7 Å². The Bertz CT molecular complexity index is 1130. The highest BCUT2D eigenvalue weighted by molar-refractivity contribution is 5.88. The fraction of sp³-hybridized carbons (Fsp3) is 0.182. The molecule has 0 unspecified atom stereocenters. The van der Waals surface area contributed by atoms with Crippen molar-refractivity contribution in [2.45, 2.75) is 25.4 Å². The summed E-state index contributed by atoms with van der Waals surface area (Å²) in [6.45, 7) is -0.0998. The molecule has 1 aliphatic rings. The molecule has 1 fully saturated rings. The minimum absolute atomic E-state index is 0.0998. The summed E-state index contributed by atoms with van der Waals surface area (Å²) in [5.74, 6) is 0.649. The number of aromatic nitrogens is 4. The van der Waals surface area contributed by atoms with E-state index in [-0.39, 0.29) is 12.5 Å². The van der Waals surface area contributed by atoms with Crippen molar-refractivity contribution < 1.29 is 14.1 Å². The second kappa shape index (κ2) is 7.35. The summed E-state index contributed by atoms with van der Waals surface area (Å²) in [5.41, 5.74) is 2.96. The Hall–Kier alpha value is -3.74. The van der Waals surface area contributed by atoms with Crippen LogP contribution in [0.5, 0.6) is 0 Å². The summed E-state index contributed by atoms with van der Waals surface area (Å²) < 4.78 is 12.3. The Labute approximate surface area is 166 Å². The minimum Gasteiger partial charge on any atom is -0.451 e. The first kappa shape index (κ1) is 17.4. The predicted octanol–water partition coefficient (Wildman–Crippen LogP) is 4.16. The van der Waals surface area contributed by atoms with Gasteiger partial charge in [0.25, 0.3) is 5.89 Å². The topological polar surface area (TPSA) is 83.0 Å². The van der Waals surface area contributed by atoms with E-state index in [2.05, 4.69) is 15.2 Å². The predicted molar refractivity (Wildman–Crippen MR) is 104 cm³/mol. The number of nitrogens with zero attached hydrogens (tertiary/aromatic N) is 4. The van der Waals surface area contributed by atoms with Crippen LogP contribution in [0.1, 0.15) is 40.8 Å². The number of carbonyl (C=O) groups is 1. The zero-order chi connectivity index (χ0) is 19.6. The summed E-state index contributed by atoms with van der Waals surface area (Å²) in [6, 6.07) is 20.9. The van der Waals surface area contributed by atoms with Crippen LogP contribution in [-0.2, 0) is 11.3 Å². The van der Waals surface area contributed by atoms with Gasteiger partial charge < -0.3 is 9.26 Å². The number of carbonyl (C=O) groups excluding carboxylic acids is 1. The van der Waals surface area contributed by atoms with Crippen LogP contribution in [0.15, 0.2) is 71.3 Å². The molecule has 4 aromatic rings. The fourth-order valence-corrected chi connectivity index (χ4v) is 3.11. The molecule has 0 atom stereocenters. The number of ether oxygens (including phenoxy) is 1. The van der Waals surface area contributed by atoms with Crippen molar-refractivity contribution in [2.24, 2.45) is 0 Å². The molecule has 144 valence electrons. The molecule has 1 saturated carbocycles. The van der Waals surface area contributed by atoms with E-state index in [4.69, 9.17) is 9.26 Å². The van der Waals surface area contributed by atoms with Gasteiger partial charge in [0.1, 0.15) is 0 Å². The second-order valence-electron chi connectivity index (χ2n) is 6.93. The summed E-state index contributed by atoms with van der Waals surface area (Å²) in [6.07, 6.45) is 2.20. The van der Waals surface area contributed by atoms with Gasteiger partial charge in [0.15, 0.2) is 12.3 Å². The summed E-state index contributed by atoms with van der Waals surface area (Å²) in [7, 11) is 0. The van der Waals surface area contributed by atoms with Gasteiger partial charge in [0.05, 0.1) is 11.4 Å². The van der Waals surface area contributed by atoms with E-state index >= 15 is 0 Å². The molecule has 0 saturated heterocycles. The van der Waals surface area contributed by atoms with Crippen molar-refractivity contribution in [1.82, 2.24) is 19.9 Å². The monoisotopic (exact) mass is 386 g/mol. The molecular formula is C22H18N4O3. The SMILES string of the molecule is O=C(OCc1nc(-c2ccccc2)no1)c1cc(C2CC2)nn1-c1ccccc1. The third kappa shape index (κ3) is 3.67. The lowest BCUT2D eigenvalue weighted by Gasteiger charge is -2.06. The molecule has 0 bridgehead atoms. The van der Waals surface area contributed by atoms with Gasteiger partial charge in [-0.3, -0.25) is 0 Å². The van der Waals surface area contributed by atoms with Gasteiger partial charge in [0.2, 0.25) is 5.82 Å². The van der Waals surface area contributed by atoms with Gasteiger partial charge in [-0.05, 0) is 31.0 Å². The third-order valence-corrected chi connectivity index (χ3v) is 4.76. The summed E-state index contributed by atoms with van der Waals surface area (Å²) in [5, 5.41) is 8.57. The highest BCUT2D eigenvalue weighted by atomic mass is 16.6. The van der Waals surface area contributed by atoms with E-state index in [0.29, 0.717) is 17.4 Å². The third-order valence-electron chi connectivity index (χ3n) is 4.76. The Balaban J connectivity index is 1.34. The molecule has 0 amide bonds. The van der Waals surface area contributed by atoms with Crippen LogP contribution in [0.2, 0.25) is 0 Å². The van der Waals surface area contributed by atoms with Crippen LogP contribution < -0.4 is 0 Å². The van der Waals surface area contributed by atoms with E-state index in [1.165, 1.54) is 0 Å². The van der Waals surface area contributed by atoms with Crippen molar-refractivity contribution in [1.29, 1.82) is 0 Å². The van der Waals surface area contributed by atoms with Crippen LogP contribution >= 0.6 is 0 Å². The van der Waals surface area contributed by atoms with Crippen LogP contribution in [-0.4, -0.2) is 25.9 Å². The number of benzene rings is 2. The minimum atomic E-state index is -0.479. The number of hydrogen-bond acceptors (Lipinski definition) is 6. The van der Waals surface area contributed by atoms with Crippen LogP contribution in [0.3, 0.4) is 0 Å². The average molecular weight is 386 g/mol. The normalized spacial score (nSPS) is 13.4. The molecule has 2 aromatic heterocycles. The van der Waals surface area contributed by atoms with Crippen LogP contribution in [0, 0.1) is 0 Å². The molecule has 0 radical (unpaired) electrons. The fourth-order valence-electron chi connectivity index (χ4n) is 3.11. The summed E-state index contributed by atoms with van der Waals surface area (Å²) in [4.78, 5) is 17.1. The van der Waals surface area contributed by atoms with E-state index in [9.17, 15) is 4.79 Å². The summed E-state index contributed by atoms with van der Waals surface area (Å²) >= 11 is 0. The maximum Gasteiger partial charge on any atom is 0.357 e. The Kier molecular flexibility index (Phi) is 4.40. The lowest BCUT2D eigenvalue weighted by Crippen LogP contribution is -2.12. The van der Waals surface area contributed by atoms with E-state index in [1.54, 1.807) is 4.68 Å². The largest absolute Gasteiger partial charge is 0.451 e. The number of rotatable bonds is 6. The van der Waals surface area contributed by atoms with Gasteiger partial charge in [-0.2, -0.15) is 10.1 Å². The molecule has 5 rings (SSSR count). The molecule has 2 aromatic carbocycles. The van der Waals surface area contributed by atoms with Crippen molar-refractivity contribution in [3.05, 3.63) is 84.0 Å². The highest BCUT2D eigenvalue weighted by Gasteiger charge is 2.29. The Morgan fingerprint density at radius 1 is 1.07 bits per heavy atom. The molecule has 7 heteroatoms. The Morgan fingerprint density at radius 2 is 1.79 bits per heavy atom. The highest BCUT2D eigenvalue weighted by Crippen LogP contribution is 2.39. The molecule has 2 heterocycles. The van der Waals surface area contributed by atoms with Crippen molar-refractivity contribution >= 4 is 5.97 Å². The molecule has 7 nitrogen and oxygen atoms in total. The van der Waals surface area contributed by atoms with Crippen molar-refractivity contribution in [2.75, 3.05) is 0 Å². The van der Waals surface area contributed by atoms with E-state index < -0.39 is 5.97 Å². The first-order chi connectivity index (χ1) is 14.3. The van der Waals surface area contributed by atoms with E-state index in [0.717, 1.165) is 29.8 Å². The van der Waals surface area contributed by atoms with Crippen molar-refractivity contribution in [3.8, 4) is 17.1 Å². The molecular weight excluding hydrogens is 368 g/mol. The molecule has 0 N–H and O–H groups in total. The van der Waals surface area contributed by atoms with Gasteiger partial charge in [-0.25, -0.2) is 9.48 Å². The molecule has 0 aliphatic heterocycles. The van der Waals surface area contributed by atoms with Crippen LogP contribution in [0.25, 0.3) is 17.1 Å². The molecule has 29 heavy (non-hydrogen) atoms. The van der Waals surface area contributed by atoms with Crippen molar-refractivity contribution in [3.63, 3.8) is 0 Å². The molecule has 1 aliphatic carbocycles. The standard InChI is InChI=1S/C22H18N4O3/c27-22(28-14-20-23-21(25-29-20)16-7-3-1-4-8-16)19-13-18(15-11-12-15)24-26(19)17-9-5-2-6-10-17/h1-10,13,15H,11-12,14H2. The van der Waals surface area contributed by atoms with E-state index in [1.807, 2.05) is 66.7 Å². The second-order valence-corrected chi connectivity index (χ2v) is 6.93. The van der Waals surface area contributed by atoms with Gasteiger partial charge in [0, 0.05) is 11.5 Å². The number of esters is 1. The smallest absolute Gasteiger partial charge is 0.357 e. The quantitative estimate of drug-likeness (QED) is 0.463. The first-order valence-electron chi connectivity index (χ1n) is 9.48. The Morgan fingerprint density at radius 3 is 2.52 bits per heavy atom. The number of hydrogen-bond donors (Lipinski definition) is 0. The average Bonchev–Trinajstić information content (AvgIpc) is 3.35. The number of para-hydroxylation sites is 1. The zero-order valence-corrected chi connectivity index (χ0v) is 15.6. The van der Waals surface area contributed by atoms with Crippen LogP contribution in [0.4, 0.5) is 0 Å². The lowest BCUT2D eigenvalue weighted by atomic mass is 10.2. The zero-order valence-electron chi connectivity index (χ0n) is 15.6. The maximum absolute atomic E-state index is 12.8.